The Hall–Kier alpha value is -3.55. The van der Waals surface area contributed by atoms with Crippen molar-refractivity contribution in [3.05, 3.63) is 94.7 Å². The highest BCUT2D eigenvalue weighted by Gasteiger charge is 2.18. The van der Waals surface area contributed by atoms with Gasteiger partial charge in [0, 0.05) is 17.5 Å². The van der Waals surface area contributed by atoms with E-state index in [-0.39, 0.29) is 18.0 Å². The first-order valence-corrected chi connectivity index (χ1v) is 10.5. The van der Waals surface area contributed by atoms with Crippen molar-refractivity contribution in [1.29, 1.82) is 0 Å². The van der Waals surface area contributed by atoms with Gasteiger partial charge >= 0.3 is 0 Å². The maximum atomic E-state index is 13.4. The molecule has 5 nitrogen and oxygen atoms in total. The number of carbonyl (C=O) groups is 2. The molecule has 0 aliphatic rings. The summed E-state index contributed by atoms with van der Waals surface area (Å²) in [5.41, 5.74) is 5.67. The molecule has 2 aromatic heterocycles. The Kier molecular flexibility index (Phi) is 6.06. The summed E-state index contributed by atoms with van der Waals surface area (Å²) in [6.07, 6.45) is 0.764. The lowest BCUT2D eigenvalue weighted by atomic mass is 10.00. The minimum Gasteiger partial charge on any atom is -0.351 e. The number of thiophene rings is 1. The van der Waals surface area contributed by atoms with Gasteiger partial charge in [0.25, 0.3) is 5.91 Å². The summed E-state index contributed by atoms with van der Waals surface area (Å²) in [5.74, 6) is -0.970. The number of hydrogen-bond acceptors (Lipinski definition) is 4. The van der Waals surface area contributed by atoms with Crippen LogP contribution in [0.25, 0.3) is 21.7 Å². The van der Waals surface area contributed by atoms with Crippen LogP contribution in [0.2, 0.25) is 0 Å². The van der Waals surface area contributed by atoms with E-state index in [9.17, 15) is 14.0 Å². The highest BCUT2D eigenvalue weighted by molar-refractivity contribution is 7.13. The molecule has 0 aliphatic carbocycles. The third kappa shape index (κ3) is 4.63. The number of aryl methyl sites for hydroxylation is 1. The van der Waals surface area contributed by atoms with E-state index in [0.29, 0.717) is 17.7 Å². The molecule has 0 bridgehead atoms. The van der Waals surface area contributed by atoms with Crippen LogP contribution in [0.5, 0.6) is 0 Å². The van der Waals surface area contributed by atoms with Gasteiger partial charge in [-0.25, -0.2) is 9.87 Å². The van der Waals surface area contributed by atoms with Crippen molar-refractivity contribution in [2.45, 2.75) is 12.8 Å². The fourth-order valence-electron chi connectivity index (χ4n) is 3.37. The van der Waals surface area contributed by atoms with Gasteiger partial charge in [-0.05, 0) is 59.3 Å². The van der Waals surface area contributed by atoms with Crippen LogP contribution < -0.4 is 5.48 Å². The number of aromatic nitrogens is 1. The molecular formula is C24H19FN2O3S. The maximum Gasteiger partial charge on any atom is 0.274 e. The minimum absolute atomic E-state index is 0.0562. The molecule has 4 rings (SSSR count). The number of hydroxylamine groups is 1. The predicted octanol–water partition coefficient (Wildman–Crippen LogP) is 5.48. The van der Waals surface area contributed by atoms with Crippen LogP contribution in [-0.2, 0) is 6.42 Å². The Morgan fingerprint density at radius 1 is 1.03 bits per heavy atom. The monoisotopic (exact) mass is 434 g/mol. The quantitative estimate of drug-likeness (QED) is 0.205. The van der Waals surface area contributed by atoms with Gasteiger partial charge in [0.2, 0.25) is 0 Å². The van der Waals surface area contributed by atoms with Gasteiger partial charge in [0.1, 0.15) is 5.82 Å². The molecule has 0 atom stereocenters. The molecule has 0 aliphatic heterocycles. The standard InChI is InChI=1S/C24H19FN2O3S/c25-18-10-8-16(9-11-18)19-14-20(22-2-1-13-31-22)26-23(19)21(28)12-5-15-3-6-17(7-4-15)24(29)27-30/h1-4,6-11,13-14,26,30H,5,12H2,(H,27,29). The van der Waals surface area contributed by atoms with Crippen molar-refractivity contribution >= 4 is 23.0 Å². The first kappa shape index (κ1) is 20.7. The average Bonchev–Trinajstić information content (AvgIpc) is 3.48. The number of aromatic amines is 1. The number of carbonyl (C=O) groups excluding carboxylic acids is 2. The second kappa shape index (κ2) is 9.07. The molecule has 0 fully saturated rings. The molecule has 4 aromatic rings. The summed E-state index contributed by atoms with van der Waals surface area (Å²) in [6.45, 7) is 0. The second-order valence-corrected chi connectivity index (χ2v) is 7.96. The van der Waals surface area contributed by atoms with Gasteiger partial charge in [-0.15, -0.1) is 11.3 Å². The van der Waals surface area contributed by atoms with Crippen LogP contribution >= 0.6 is 11.3 Å². The van der Waals surface area contributed by atoms with Crippen molar-refractivity contribution in [3.63, 3.8) is 0 Å². The molecule has 31 heavy (non-hydrogen) atoms. The second-order valence-electron chi connectivity index (χ2n) is 7.02. The van der Waals surface area contributed by atoms with E-state index in [1.54, 1.807) is 53.2 Å². The van der Waals surface area contributed by atoms with Crippen LogP contribution in [0, 0.1) is 5.82 Å². The molecule has 2 heterocycles. The number of halogens is 1. The Morgan fingerprint density at radius 3 is 2.42 bits per heavy atom. The van der Waals surface area contributed by atoms with Gasteiger partial charge in [-0.3, -0.25) is 14.8 Å². The lowest BCUT2D eigenvalue weighted by Crippen LogP contribution is -2.18. The Labute approximate surface area is 182 Å². The van der Waals surface area contributed by atoms with Crippen LogP contribution in [0.3, 0.4) is 0 Å². The maximum absolute atomic E-state index is 13.4. The SMILES string of the molecule is O=C(NO)c1ccc(CCC(=O)c2[nH]c(-c3cccs3)cc2-c2ccc(F)cc2)cc1. The van der Waals surface area contributed by atoms with Gasteiger partial charge in [0.15, 0.2) is 5.78 Å². The van der Waals surface area contributed by atoms with Crippen LogP contribution in [0.4, 0.5) is 4.39 Å². The molecular weight excluding hydrogens is 415 g/mol. The van der Waals surface area contributed by atoms with E-state index < -0.39 is 5.91 Å². The first-order valence-electron chi connectivity index (χ1n) is 9.64. The van der Waals surface area contributed by atoms with Crippen molar-refractivity contribution < 1.29 is 19.2 Å². The topological polar surface area (TPSA) is 82.2 Å². The summed E-state index contributed by atoms with van der Waals surface area (Å²) in [5, 5.41) is 10.7. The molecule has 7 heteroatoms. The molecule has 1 amide bonds. The number of benzene rings is 2. The Morgan fingerprint density at radius 2 is 1.77 bits per heavy atom. The van der Waals surface area contributed by atoms with E-state index in [2.05, 4.69) is 4.98 Å². The average molecular weight is 434 g/mol. The van der Waals surface area contributed by atoms with E-state index in [0.717, 1.165) is 27.3 Å². The Balaban J connectivity index is 1.58. The number of ketones is 1. The summed E-state index contributed by atoms with van der Waals surface area (Å²) >= 11 is 1.57. The Bertz CT molecular complexity index is 1200. The van der Waals surface area contributed by atoms with Gasteiger partial charge in [-0.2, -0.15) is 0 Å². The van der Waals surface area contributed by atoms with E-state index >= 15 is 0 Å². The molecule has 0 unspecified atom stereocenters. The van der Waals surface area contributed by atoms with Gasteiger partial charge < -0.3 is 4.98 Å². The van der Waals surface area contributed by atoms with Crippen LogP contribution in [0.1, 0.15) is 32.8 Å². The van der Waals surface area contributed by atoms with Gasteiger partial charge in [0.05, 0.1) is 16.3 Å². The van der Waals surface area contributed by atoms with Crippen molar-refractivity contribution in [2.24, 2.45) is 0 Å². The lowest BCUT2D eigenvalue weighted by Gasteiger charge is -2.05. The molecule has 3 N–H and O–H groups in total. The third-order valence-electron chi connectivity index (χ3n) is 5.00. The zero-order valence-corrected chi connectivity index (χ0v) is 17.2. The molecule has 0 saturated heterocycles. The molecule has 0 spiro atoms. The number of H-pyrrole nitrogens is 1. The number of amides is 1. The predicted molar refractivity (Wildman–Crippen MR) is 118 cm³/mol. The van der Waals surface area contributed by atoms with E-state index in [1.807, 2.05) is 23.6 Å². The molecule has 0 saturated carbocycles. The summed E-state index contributed by atoms with van der Waals surface area (Å²) < 4.78 is 13.4. The van der Waals surface area contributed by atoms with E-state index in [1.165, 1.54) is 12.1 Å². The number of hydrogen-bond donors (Lipinski definition) is 3. The van der Waals surface area contributed by atoms with Crippen LogP contribution in [0.15, 0.2) is 72.1 Å². The normalized spacial score (nSPS) is 10.8. The molecule has 0 radical (unpaired) electrons. The fourth-order valence-corrected chi connectivity index (χ4v) is 4.06. The highest BCUT2D eigenvalue weighted by atomic mass is 32.1. The number of nitrogens with one attached hydrogen (secondary N) is 2. The summed E-state index contributed by atoms with van der Waals surface area (Å²) in [7, 11) is 0. The summed E-state index contributed by atoms with van der Waals surface area (Å²) in [6, 6.07) is 18.6. The fraction of sp³-hybridized carbons (Fsp3) is 0.0833. The summed E-state index contributed by atoms with van der Waals surface area (Å²) in [4.78, 5) is 28.8. The highest BCUT2D eigenvalue weighted by Crippen LogP contribution is 2.32. The largest absolute Gasteiger partial charge is 0.351 e. The van der Waals surface area contributed by atoms with Crippen molar-refractivity contribution in [1.82, 2.24) is 10.5 Å². The molecule has 2 aromatic carbocycles. The smallest absolute Gasteiger partial charge is 0.274 e. The first-order chi connectivity index (χ1) is 15.0. The molecule has 156 valence electrons. The zero-order valence-electron chi connectivity index (χ0n) is 16.4. The van der Waals surface area contributed by atoms with Crippen LogP contribution in [-0.4, -0.2) is 21.9 Å². The van der Waals surface area contributed by atoms with Crippen molar-refractivity contribution in [2.75, 3.05) is 0 Å². The number of Topliss-reactive ketones (excluding diaryl/α,β-unsaturated/α-hetero) is 1. The van der Waals surface area contributed by atoms with E-state index in [4.69, 9.17) is 5.21 Å². The number of rotatable bonds is 7. The van der Waals surface area contributed by atoms with Crippen molar-refractivity contribution in [3.8, 4) is 21.7 Å². The van der Waals surface area contributed by atoms with Gasteiger partial charge in [-0.1, -0.05) is 30.3 Å². The zero-order chi connectivity index (χ0) is 21.8. The lowest BCUT2D eigenvalue weighted by molar-refractivity contribution is 0.0706. The minimum atomic E-state index is -0.584. The third-order valence-corrected chi connectivity index (χ3v) is 5.90.